The number of urea groups is 1. The van der Waals surface area contributed by atoms with Gasteiger partial charge in [0.1, 0.15) is 5.54 Å². The zero-order valence-corrected chi connectivity index (χ0v) is 12.8. The molecule has 1 rings (SSSR count). The maximum atomic E-state index is 11.8. The number of rotatable bonds is 7. The lowest BCUT2D eigenvalue weighted by Gasteiger charge is -2.28. The number of carbonyl (C=O) groups excluding carboxylic acids is 1. The number of carboxylic acids is 1. The second-order valence-corrected chi connectivity index (χ2v) is 5.65. The lowest BCUT2D eigenvalue weighted by molar-refractivity contribution is -0.144. The third kappa shape index (κ3) is 4.19. The van der Waals surface area contributed by atoms with Gasteiger partial charge in [0.05, 0.1) is 10.7 Å². The molecule has 2 amide bonds. The van der Waals surface area contributed by atoms with Gasteiger partial charge in [-0.15, -0.1) is 11.3 Å². The number of thiazole rings is 1. The average Bonchev–Trinajstić information content (AvgIpc) is 2.81. The van der Waals surface area contributed by atoms with Crippen molar-refractivity contribution in [2.24, 2.45) is 0 Å². The van der Waals surface area contributed by atoms with Crippen LogP contribution in [0.3, 0.4) is 0 Å². The monoisotopic (exact) mass is 299 g/mol. The van der Waals surface area contributed by atoms with Crippen LogP contribution in [0.15, 0.2) is 5.38 Å². The Balaban J connectivity index is 2.44. The molecule has 1 aromatic heterocycles. The van der Waals surface area contributed by atoms with Gasteiger partial charge in [0.15, 0.2) is 0 Å². The Labute approximate surface area is 122 Å². The highest BCUT2D eigenvalue weighted by Crippen LogP contribution is 2.15. The third-order valence-electron chi connectivity index (χ3n) is 3.30. The number of hydrogen-bond donors (Lipinski definition) is 3. The molecule has 3 N–H and O–H groups in total. The minimum atomic E-state index is -1.19. The van der Waals surface area contributed by atoms with Crippen LogP contribution >= 0.6 is 11.3 Å². The summed E-state index contributed by atoms with van der Waals surface area (Å²) in [6.07, 6.45) is 1.32. The summed E-state index contributed by atoms with van der Waals surface area (Å²) in [5.41, 5.74) is -0.260. The first kappa shape index (κ1) is 16.4. The van der Waals surface area contributed by atoms with E-state index < -0.39 is 17.5 Å². The minimum absolute atomic E-state index is 0.345. The number of hydrogen-bond acceptors (Lipinski definition) is 4. The van der Waals surface area contributed by atoms with Gasteiger partial charge >= 0.3 is 12.0 Å². The van der Waals surface area contributed by atoms with Gasteiger partial charge in [-0.2, -0.15) is 0 Å². The van der Waals surface area contributed by atoms with Gasteiger partial charge in [-0.25, -0.2) is 14.6 Å². The topological polar surface area (TPSA) is 91.3 Å². The van der Waals surface area contributed by atoms with Crippen LogP contribution in [0, 0.1) is 6.92 Å². The summed E-state index contributed by atoms with van der Waals surface area (Å²) >= 11 is 1.57. The third-order valence-corrected chi connectivity index (χ3v) is 4.12. The Hall–Kier alpha value is -1.63. The number of aliphatic carboxylic acids is 1. The molecular weight excluding hydrogens is 278 g/mol. The highest BCUT2D eigenvalue weighted by molar-refractivity contribution is 7.09. The van der Waals surface area contributed by atoms with Crippen molar-refractivity contribution in [3.05, 3.63) is 16.1 Å². The molecule has 0 radical (unpaired) electrons. The zero-order valence-electron chi connectivity index (χ0n) is 12.0. The van der Waals surface area contributed by atoms with Crippen LogP contribution in [0.2, 0.25) is 0 Å². The van der Waals surface area contributed by atoms with Crippen LogP contribution in [0.4, 0.5) is 4.79 Å². The van der Waals surface area contributed by atoms with Crippen LogP contribution in [0.25, 0.3) is 0 Å². The quantitative estimate of drug-likeness (QED) is 0.717. The van der Waals surface area contributed by atoms with Gasteiger partial charge < -0.3 is 15.7 Å². The summed E-state index contributed by atoms with van der Waals surface area (Å²) in [4.78, 5) is 27.3. The molecule has 1 heterocycles. The second kappa shape index (κ2) is 7.23. The minimum Gasteiger partial charge on any atom is -0.480 e. The Morgan fingerprint density at radius 1 is 1.40 bits per heavy atom. The molecule has 0 fully saturated rings. The Bertz CT molecular complexity index is 469. The van der Waals surface area contributed by atoms with Crippen molar-refractivity contribution in [1.29, 1.82) is 0 Å². The Kier molecular flexibility index (Phi) is 5.94. The van der Waals surface area contributed by atoms with E-state index in [0.29, 0.717) is 25.8 Å². The second-order valence-electron chi connectivity index (χ2n) is 4.58. The predicted octanol–water partition coefficient (Wildman–Crippen LogP) is 1.94. The number of amides is 2. The van der Waals surface area contributed by atoms with Crippen molar-refractivity contribution in [2.75, 3.05) is 6.54 Å². The van der Waals surface area contributed by atoms with E-state index in [1.165, 1.54) is 0 Å². The molecule has 0 aliphatic carbocycles. The summed E-state index contributed by atoms with van der Waals surface area (Å²) in [7, 11) is 0. The van der Waals surface area contributed by atoms with Gasteiger partial charge in [0.2, 0.25) is 0 Å². The van der Waals surface area contributed by atoms with Crippen molar-refractivity contribution >= 4 is 23.3 Å². The largest absolute Gasteiger partial charge is 0.480 e. The maximum absolute atomic E-state index is 11.8. The first-order valence-corrected chi connectivity index (χ1v) is 7.52. The molecule has 0 aromatic carbocycles. The molecule has 0 spiro atoms. The number of nitrogens with zero attached hydrogens (tertiary/aromatic N) is 1. The van der Waals surface area contributed by atoms with Crippen LogP contribution < -0.4 is 10.6 Å². The van der Waals surface area contributed by atoms with E-state index in [1.54, 1.807) is 25.2 Å². The molecule has 0 unspecified atom stereocenters. The van der Waals surface area contributed by atoms with Crippen molar-refractivity contribution in [3.8, 4) is 0 Å². The van der Waals surface area contributed by atoms with Crippen LogP contribution in [0.5, 0.6) is 0 Å². The molecule has 112 valence electrons. The smallest absolute Gasteiger partial charge is 0.329 e. The number of aromatic nitrogens is 1. The fraction of sp³-hybridized carbons (Fsp3) is 0.615. The van der Waals surface area contributed by atoms with Crippen molar-refractivity contribution in [1.82, 2.24) is 15.6 Å². The van der Waals surface area contributed by atoms with E-state index in [2.05, 4.69) is 15.6 Å². The number of carbonyl (C=O) groups is 2. The molecule has 0 saturated heterocycles. The molecule has 0 atom stereocenters. The highest BCUT2D eigenvalue weighted by Gasteiger charge is 2.36. The lowest BCUT2D eigenvalue weighted by Crippen LogP contribution is -2.56. The summed E-state index contributed by atoms with van der Waals surface area (Å²) in [6, 6.07) is -0.456. The van der Waals surface area contributed by atoms with E-state index >= 15 is 0 Å². The van der Waals surface area contributed by atoms with Gasteiger partial charge in [0.25, 0.3) is 0 Å². The molecule has 1 aromatic rings. The van der Waals surface area contributed by atoms with Gasteiger partial charge in [-0.1, -0.05) is 13.8 Å². The summed E-state index contributed by atoms with van der Waals surface area (Å²) in [5, 5.41) is 17.4. The van der Waals surface area contributed by atoms with Gasteiger partial charge in [0, 0.05) is 18.3 Å². The number of carboxylic acid groups (broad SMARTS) is 1. The van der Waals surface area contributed by atoms with E-state index in [0.717, 1.165) is 10.7 Å². The van der Waals surface area contributed by atoms with Crippen LogP contribution in [0.1, 0.15) is 37.4 Å². The summed E-state index contributed by atoms with van der Waals surface area (Å²) in [5.74, 6) is -1.01. The summed E-state index contributed by atoms with van der Waals surface area (Å²) in [6.45, 7) is 5.85. The fourth-order valence-electron chi connectivity index (χ4n) is 1.87. The predicted molar refractivity (Wildman–Crippen MR) is 78.0 cm³/mol. The number of nitrogens with one attached hydrogen (secondary N) is 2. The SMILES string of the molecule is CCC(CC)(NC(=O)NCCc1csc(C)n1)C(=O)O. The molecule has 0 aliphatic rings. The fourth-order valence-corrected chi connectivity index (χ4v) is 2.52. The van der Waals surface area contributed by atoms with E-state index in [9.17, 15) is 14.7 Å². The summed E-state index contributed by atoms with van der Waals surface area (Å²) < 4.78 is 0. The normalized spacial score (nSPS) is 11.2. The first-order valence-electron chi connectivity index (χ1n) is 6.64. The lowest BCUT2D eigenvalue weighted by atomic mass is 9.93. The molecule has 0 saturated carbocycles. The molecule has 20 heavy (non-hydrogen) atoms. The van der Waals surface area contributed by atoms with Crippen molar-refractivity contribution < 1.29 is 14.7 Å². The van der Waals surface area contributed by atoms with E-state index in [1.807, 2.05) is 12.3 Å². The molecule has 7 heteroatoms. The maximum Gasteiger partial charge on any atom is 0.329 e. The van der Waals surface area contributed by atoms with Crippen LogP contribution in [-0.4, -0.2) is 34.2 Å². The number of aryl methyl sites for hydroxylation is 1. The van der Waals surface area contributed by atoms with E-state index in [4.69, 9.17) is 0 Å². The molecular formula is C13H21N3O3S. The van der Waals surface area contributed by atoms with Gasteiger partial charge in [-0.3, -0.25) is 0 Å². The van der Waals surface area contributed by atoms with Crippen molar-refractivity contribution in [2.45, 2.75) is 45.6 Å². The van der Waals surface area contributed by atoms with Crippen LogP contribution in [-0.2, 0) is 11.2 Å². The highest BCUT2D eigenvalue weighted by atomic mass is 32.1. The molecule has 6 nitrogen and oxygen atoms in total. The molecule has 0 aliphatic heterocycles. The van der Waals surface area contributed by atoms with Gasteiger partial charge in [-0.05, 0) is 19.8 Å². The van der Waals surface area contributed by atoms with E-state index in [-0.39, 0.29) is 0 Å². The zero-order chi connectivity index (χ0) is 15.2. The Morgan fingerprint density at radius 2 is 2.05 bits per heavy atom. The first-order chi connectivity index (χ1) is 9.43. The standard InChI is InChI=1S/C13H21N3O3S/c1-4-13(5-2,11(17)18)16-12(19)14-7-6-10-8-20-9(3)15-10/h8H,4-7H2,1-3H3,(H,17,18)(H2,14,16,19). The van der Waals surface area contributed by atoms with Crippen molar-refractivity contribution in [3.63, 3.8) is 0 Å². The molecule has 0 bridgehead atoms. The Morgan fingerprint density at radius 3 is 2.50 bits per heavy atom. The average molecular weight is 299 g/mol.